The number of nitrogens with one attached hydrogen (secondary N) is 1. The molecule has 0 heterocycles. The fraction of sp³-hybridized carbons (Fsp3) is 0.500. The van der Waals surface area contributed by atoms with Crippen molar-refractivity contribution in [3.8, 4) is 0 Å². The van der Waals surface area contributed by atoms with Crippen LogP contribution >= 0.6 is 0 Å². The average molecular weight is 252 g/mol. The van der Waals surface area contributed by atoms with Crippen LogP contribution in [0, 0.1) is 11.7 Å². The van der Waals surface area contributed by atoms with Crippen LogP contribution in [0.1, 0.15) is 25.3 Å². The fourth-order valence-corrected chi connectivity index (χ4v) is 1.74. The molecule has 4 heteroatoms. The molecule has 0 saturated heterocycles. The Morgan fingerprint density at radius 3 is 2.78 bits per heavy atom. The molecule has 0 aliphatic carbocycles. The van der Waals surface area contributed by atoms with Crippen LogP contribution in [0.2, 0.25) is 0 Å². The molecular weight excluding hydrogens is 231 g/mol. The molecule has 0 aromatic heterocycles. The number of carbonyl (C=O) groups excluding carboxylic acids is 1. The summed E-state index contributed by atoms with van der Waals surface area (Å²) in [5.74, 6) is -0.504. The second kappa shape index (κ2) is 7.82. The lowest BCUT2D eigenvalue weighted by atomic mass is 10.00. The molecule has 1 aromatic rings. The summed E-state index contributed by atoms with van der Waals surface area (Å²) < 4.78 is 13.4. The predicted octanol–water partition coefficient (Wildman–Crippen LogP) is 1.86. The van der Waals surface area contributed by atoms with Crippen molar-refractivity contribution >= 4 is 5.91 Å². The van der Waals surface area contributed by atoms with Gasteiger partial charge in [0.15, 0.2) is 0 Å². The van der Waals surface area contributed by atoms with E-state index in [1.54, 1.807) is 18.2 Å². The van der Waals surface area contributed by atoms with Crippen LogP contribution in [0.25, 0.3) is 0 Å². The van der Waals surface area contributed by atoms with E-state index in [1.807, 2.05) is 6.92 Å². The lowest BCUT2D eigenvalue weighted by Crippen LogP contribution is -2.31. The Kier molecular flexibility index (Phi) is 6.36. The van der Waals surface area contributed by atoms with Gasteiger partial charge in [0.2, 0.25) is 5.91 Å². The van der Waals surface area contributed by atoms with Crippen molar-refractivity contribution in [1.82, 2.24) is 5.32 Å². The van der Waals surface area contributed by atoms with E-state index in [9.17, 15) is 9.18 Å². The number of rotatable bonds is 7. The lowest BCUT2D eigenvalue weighted by molar-refractivity contribution is -0.124. The van der Waals surface area contributed by atoms with Gasteiger partial charge in [0.05, 0.1) is 0 Å². The van der Waals surface area contributed by atoms with Gasteiger partial charge < -0.3 is 11.1 Å². The zero-order valence-corrected chi connectivity index (χ0v) is 10.8. The molecule has 0 bridgehead atoms. The largest absolute Gasteiger partial charge is 0.356 e. The molecule has 1 rings (SSSR count). The lowest BCUT2D eigenvalue weighted by Gasteiger charge is -2.12. The van der Waals surface area contributed by atoms with E-state index in [-0.39, 0.29) is 17.6 Å². The van der Waals surface area contributed by atoms with Crippen LogP contribution in [-0.2, 0) is 11.2 Å². The molecule has 1 atom stereocenters. The van der Waals surface area contributed by atoms with Gasteiger partial charge in [0.1, 0.15) is 5.82 Å². The molecule has 0 spiro atoms. The maximum Gasteiger partial charge on any atom is 0.223 e. The molecule has 0 fully saturated rings. The van der Waals surface area contributed by atoms with E-state index in [2.05, 4.69) is 5.32 Å². The van der Waals surface area contributed by atoms with E-state index < -0.39 is 0 Å². The van der Waals surface area contributed by atoms with Gasteiger partial charge in [-0.3, -0.25) is 4.79 Å². The van der Waals surface area contributed by atoms with Crippen molar-refractivity contribution in [3.05, 3.63) is 35.6 Å². The van der Waals surface area contributed by atoms with Gasteiger partial charge in [-0.05, 0) is 37.4 Å². The van der Waals surface area contributed by atoms with Crippen LogP contribution in [0.15, 0.2) is 24.3 Å². The van der Waals surface area contributed by atoms with Crippen LogP contribution in [0.3, 0.4) is 0 Å². The zero-order chi connectivity index (χ0) is 13.4. The monoisotopic (exact) mass is 252 g/mol. The predicted molar refractivity (Wildman–Crippen MR) is 70.6 cm³/mol. The summed E-state index contributed by atoms with van der Waals surface area (Å²) >= 11 is 0. The standard InChI is InChI=1S/C14H21FN2O/c1-11(14(18)17-9-5-4-8-16)10-12-6-2-3-7-13(12)15/h2-3,6-7,11H,4-5,8-10,16H2,1H3,(H,17,18). The Hall–Kier alpha value is -1.42. The number of carbonyl (C=O) groups is 1. The summed E-state index contributed by atoms with van der Waals surface area (Å²) in [5.41, 5.74) is 5.95. The highest BCUT2D eigenvalue weighted by Crippen LogP contribution is 2.12. The molecule has 0 aliphatic heterocycles. The first-order chi connectivity index (χ1) is 8.65. The Morgan fingerprint density at radius 1 is 1.39 bits per heavy atom. The number of hydrogen-bond donors (Lipinski definition) is 2. The van der Waals surface area contributed by atoms with E-state index in [0.717, 1.165) is 12.8 Å². The van der Waals surface area contributed by atoms with E-state index in [0.29, 0.717) is 25.1 Å². The quantitative estimate of drug-likeness (QED) is 0.728. The maximum atomic E-state index is 13.4. The first kappa shape index (κ1) is 14.6. The third kappa shape index (κ3) is 4.84. The maximum absolute atomic E-state index is 13.4. The van der Waals surface area contributed by atoms with Crippen molar-refractivity contribution in [1.29, 1.82) is 0 Å². The molecule has 1 aromatic carbocycles. The van der Waals surface area contributed by atoms with Gasteiger partial charge in [-0.2, -0.15) is 0 Å². The van der Waals surface area contributed by atoms with Gasteiger partial charge in [-0.25, -0.2) is 4.39 Å². The summed E-state index contributed by atoms with van der Waals surface area (Å²) in [7, 11) is 0. The molecule has 1 amide bonds. The first-order valence-electron chi connectivity index (χ1n) is 6.36. The molecule has 0 saturated carbocycles. The van der Waals surface area contributed by atoms with E-state index in [4.69, 9.17) is 5.73 Å². The molecule has 1 unspecified atom stereocenters. The van der Waals surface area contributed by atoms with E-state index in [1.165, 1.54) is 6.07 Å². The summed E-state index contributed by atoms with van der Waals surface area (Å²) in [6, 6.07) is 6.56. The zero-order valence-electron chi connectivity index (χ0n) is 10.8. The Balaban J connectivity index is 2.38. The number of amides is 1. The third-order valence-electron chi connectivity index (χ3n) is 2.86. The first-order valence-corrected chi connectivity index (χ1v) is 6.36. The smallest absolute Gasteiger partial charge is 0.223 e. The normalized spacial score (nSPS) is 12.2. The van der Waals surface area contributed by atoms with Gasteiger partial charge in [-0.1, -0.05) is 25.1 Å². The van der Waals surface area contributed by atoms with E-state index >= 15 is 0 Å². The molecule has 100 valence electrons. The van der Waals surface area contributed by atoms with Gasteiger partial charge in [0, 0.05) is 12.5 Å². The number of unbranched alkanes of at least 4 members (excludes halogenated alkanes) is 1. The Labute approximate surface area is 108 Å². The Morgan fingerprint density at radius 2 is 2.11 bits per heavy atom. The Bertz CT molecular complexity index is 382. The van der Waals surface area contributed by atoms with Gasteiger partial charge in [0.25, 0.3) is 0 Å². The van der Waals surface area contributed by atoms with Crippen LogP contribution in [0.4, 0.5) is 4.39 Å². The minimum absolute atomic E-state index is 0.0322. The summed E-state index contributed by atoms with van der Waals surface area (Å²) in [6.45, 7) is 3.09. The van der Waals surface area contributed by atoms with Crippen molar-refractivity contribution < 1.29 is 9.18 Å². The highest BCUT2D eigenvalue weighted by Gasteiger charge is 2.14. The third-order valence-corrected chi connectivity index (χ3v) is 2.86. The van der Waals surface area contributed by atoms with Crippen molar-refractivity contribution in [2.75, 3.05) is 13.1 Å². The molecule has 0 aliphatic rings. The minimum atomic E-state index is -0.250. The highest BCUT2D eigenvalue weighted by molar-refractivity contribution is 5.78. The van der Waals surface area contributed by atoms with Crippen molar-refractivity contribution in [2.24, 2.45) is 11.7 Å². The van der Waals surface area contributed by atoms with Crippen LogP contribution in [0.5, 0.6) is 0 Å². The topological polar surface area (TPSA) is 55.1 Å². The van der Waals surface area contributed by atoms with Crippen LogP contribution in [-0.4, -0.2) is 19.0 Å². The second-order valence-corrected chi connectivity index (χ2v) is 4.48. The number of halogens is 1. The van der Waals surface area contributed by atoms with Gasteiger partial charge in [-0.15, -0.1) is 0 Å². The molecule has 3 nitrogen and oxygen atoms in total. The number of nitrogens with two attached hydrogens (primary N) is 1. The van der Waals surface area contributed by atoms with Gasteiger partial charge >= 0.3 is 0 Å². The summed E-state index contributed by atoms with van der Waals surface area (Å²) in [6.07, 6.45) is 2.21. The van der Waals surface area contributed by atoms with Crippen molar-refractivity contribution in [2.45, 2.75) is 26.2 Å². The summed E-state index contributed by atoms with van der Waals surface area (Å²) in [4.78, 5) is 11.8. The second-order valence-electron chi connectivity index (χ2n) is 4.48. The highest BCUT2D eigenvalue weighted by atomic mass is 19.1. The minimum Gasteiger partial charge on any atom is -0.356 e. The van der Waals surface area contributed by atoms with Crippen LogP contribution < -0.4 is 11.1 Å². The average Bonchev–Trinajstić information content (AvgIpc) is 2.37. The molecular formula is C14H21FN2O. The molecule has 3 N–H and O–H groups in total. The number of hydrogen-bond acceptors (Lipinski definition) is 2. The SMILES string of the molecule is CC(Cc1ccccc1F)C(=O)NCCCCN. The summed E-state index contributed by atoms with van der Waals surface area (Å²) in [5, 5.41) is 2.84. The van der Waals surface area contributed by atoms with Crippen molar-refractivity contribution in [3.63, 3.8) is 0 Å². The molecule has 0 radical (unpaired) electrons. The fourth-order valence-electron chi connectivity index (χ4n) is 1.74. The number of benzene rings is 1. The molecule has 18 heavy (non-hydrogen) atoms.